The van der Waals surface area contributed by atoms with Crippen LogP contribution in [0.3, 0.4) is 0 Å². The predicted octanol–water partition coefficient (Wildman–Crippen LogP) is 0.0422. The Morgan fingerprint density at radius 1 is 1.18 bits per heavy atom. The summed E-state index contributed by atoms with van der Waals surface area (Å²) in [6, 6.07) is 0. The van der Waals surface area contributed by atoms with Gasteiger partial charge >= 0.3 is 11.9 Å². The van der Waals surface area contributed by atoms with Crippen molar-refractivity contribution < 1.29 is 24.6 Å². The molecular weight excluding hydrogens is 172 g/mol. The van der Waals surface area contributed by atoms with Crippen LogP contribution in [0.5, 0.6) is 0 Å². The number of aliphatic carboxylic acids is 2. The van der Waals surface area contributed by atoms with Gasteiger partial charge in [0.1, 0.15) is 0 Å². The molecule has 0 aliphatic heterocycles. The lowest BCUT2D eigenvalue weighted by Crippen LogP contribution is -2.00. The van der Waals surface area contributed by atoms with Crippen molar-refractivity contribution in [3.05, 3.63) is 0 Å². The molecule has 2 N–H and O–H groups in total. The van der Waals surface area contributed by atoms with Crippen LogP contribution in [0.15, 0.2) is 0 Å². The van der Waals surface area contributed by atoms with Gasteiger partial charge < -0.3 is 10.2 Å². The van der Waals surface area contributed by atoms with E-state index in [1.54, 1.807) is 0 Å². The van der Waals surface area contributed by atoms with Crippen LogP contribution in [-0.4, -0.2) is 27.8 Å². The van der Waals surface area contributed by atoms with E-state index in [1.807, 2.05) is 0 Å². The summed E-state index contributed by atoms with van der Waals surface area (Å²) in [5, 5.41) is 15.8. The average Bonchev–Trinajstić information content (AvgIpc) is 1.85. The van der Waals surface area contributed by atoms with Gasteiger partial charge in [-0.1, -0.05) is 0 Å². The normalized spacial score (nSPS) is 7.36. The molecule has 0 aromatic heterocycles. The second-order valence-corrected chi connectivity index (χ2v) is 1.60. The van der Waals surface area contributed by atoms with Gasteiger partial charge in [0.15, 0.2) is 5.62 Å². The lowest BCUT2D eigenvalue weighted by atomic mass is 10.3. The Labute approximate surface area is 68.4 Å². The van der Waals surface area contributed by atoms with E-state index in [2.05, 4.69) is 12.6 Å². The van der Waals surface area contributed by atoms with Crippen LogP contribution in [-0.2, 0) is 14.4 Å². The number of carbonyl (C=O) groups excluding carboxylic acids is 1. The largest absolute Gasteiger partial charge is 0.481 e. The van der Waals surface area contributed by atoms with Crippen molar-refractivity contribution in [1.82, 2.24) is 0 Å². The summed E-state index contributed by atoms with van der Waals surface area (Å²) in [7, 11) is 0. The van der Waals surface area contributed by atoms with Gasteiger partial charge in [-0.05, 0) is 0 Å². The summed E-state index contributed by atoms with van der Waals surface area (Å²) >= 11 is 3.11. The minimum Gasteiger partial charge on any atom is -0.481 e. The van der Waals surface area contributed by atoms with Gasteiger partial charge in [-0.15, -0.1) is 12.6 Å². The van der Waals surface area contributed by atoms with Crippen LogP contribution in [0, 0.1) is 0 Å². The molecule has 0 amide bonds. The Morgan fingerprint density at radius 3 is 1.45 bits per heavy atom. The fraction of sp³-hybridized carbons (Fsp3) is 0.400. The molecule has 0 saturated heterocycles. The van der Waals surface area contributed by atoms with Crippen LogP contribution in [0.4, 0.5) is 0 Å². The second-order valence-electron chi connectivity index (χ2n) is 1.39. The first-order chi connectivity index (χ1) is 5.04. The van der Waals surface area contributed by atoms with Crippen molar-refractivity contribution in [3.8, 4) is 0 Å². The van der Waals surface area contributed by atoms with Crippen molar-refractivity contribution in [2.75, 3.05) is 0 Å². The zero-order chi connectivity index (χ0) is 9.28. The third-order valence-electron chi connectivity index (χ3n) is 0.553. The lowest BCUT2D eigenvalue weighted by molar-refractivity contribution is -0.143. The monoisotopic (exact) mass is 180 g/mol. The molecule has 0 aromatic rings. The summed E-state index contributed by atoms with van der Waals surface area (Å²) in [4.78, 5) is 28.0. The molecule has 64 valence electrons. The van der Waals surface area contributed by atoms with Gasteiger partial charge in [-0.2, -0.15) is 0 Å². The molecule has 0 aromatic carbocycles. The topological polar surface area (TPSA) is 91.7 Å². The van der Waals surface area contributed by atoms with Crippen LogP contribution in [0.25, 0.3) is 0 Å². The van der Waals surface area contributed by atoms with E-state index in [1.165, 1.54) is 0 Å². The van der Waals surface area contributed by atoms with Gasteiger partial charge in [0, 0.05) is 0 Å². The fourth-order valence-corrected chi connectivity index (χ4v) is 0.214. The Kier molecular flexibility index (Phi) is 10.3. The zero-order valence-corrected chi connectivity index (χ0v) is 6.45. The van der Waals surface area contributed by atoms with E-state index < -0.39 is 11.9 Å². The third kappa shape index (κ3) is 27.7. The number of thiol groups is 1. The first-order valence-corrected chi connectivity index (χ1v) is 3.07. The predicted molar refractivity (Wildman–Crippen MR) is 40.2 cm³/mol. The molecule has 0 aliphatic rings. The Hall–Kier alpha value is -1.04. The summed E-state index contributed by atoms with van der Waals surface area (Å²) in [6.07, 6.45) is -0.593. The zero-order valence-electron chi connectivity index (χ0n) is 5.56. The van der Waals surface area contributed by atoms with Crippen molar-refractivity contribution >= 4 is 30.2 Å². The molecule has 0 saturated carbocycles. The van der Waals surface area contributed by atoms with Gasteiger partial charge in [0.05, 0.1) is 12.8 Å². The van der Waals surface area contributed by atoms with Crippen molar-refractivity contribution in [3.63, 3.8) is 0 Å². The summed E-state index contributed by atoms with van der Waals surface area (Å²) in [5.74, 6) is -2.15. The molecular formula is C5H8O5S. The van der Waals surface area contributed by atoms with Gasteiger partial charge in [-0.25, -0.2) is 0 Å². The maximum absolute atomic E-state index is 9.64. The summed E-state index contributed by atoms with van der Waals surface area (Å²) in [5.41, 5.74) is 0.444. The fourth-order valence-electron chi connectivity index (χ4n) is 0.214. The molecule has 0 aliphatic carbocycles. The standard InChI is InChI=1S/C4H6O4.CH2OS/c5-3(6)1-2-4(7)8;2-1-3/h1-2H2,(H,5,6)(H,7,8);1H,(H,2,3). The second kappa shape index (κ2) is 8.96. The smallest absolute Gasteiger partial charge is 0.303 e. The maximum Gasteiger partial charge on any atom is 0.303 e. The van der Waals surface area contributed by atoms with E-state index in [0.29, 0.717) is 5.62 Å². The van der Waals surface area contributed by atoms with E-state index in [-0.39, 0.29) is 12.8 Å². The Bertz CT molecular complexity index is 130. The number of hydrogen-bond acceptors (Lipinski definition) is 3. The van der Waals surface area contributed by atoms with Crippen LogP contribution in [0.1, 0.15) is 12.8 Å². The minimum atomic E-state index is -1.08. The quantitative estimate of drug-likeness (QED) is 0.421. The molecule has 0 atom stereocenters. The molecule has 6 heteroatoms. The van der Waals surface area contributed by atoms with Crippen LogP contribution in [0.2, 0.25) is 0 Å². The lowest BCUT2D eigenvalue weighted by Gasteiger charge is -1.85. The summed E-state index contributed by atoms with van der Waals surface area (Å²) in [6.45, 7) is 0. The molecule has 5 nitrogen and oxygen atoms in total. The van der Waals surface area contributed by atoms with E-state index in [9.17, 15) is 9.59 Å². The highest BCUT2D eigenvalue weighted by Gasteiger charge is 2.00. The third-order valence-corrected chi connectivity index (χ3v) is 0.553. The highest BCUT2D eigenvalue weighted by Crippen LogP contribution is 1.85. The van der Waals surface area contributed by atoms with Crippen molar-refractivity contribution in [2.24, 2.45) is 0 Å². The molecule has 0 radical (unpaired) electrons. The highest BCUT2D eigenvalue weighted by atomic mass is 32.1. The van der Waals surface area contributed by atoms with E-state index >= 15 is 0 Å². The Morgan fingerprint density at radius 2 is 1.36 bits per heavy atom. The number of carboxylic acids is 2. The van der Waals surface area contributed by atoms with Crippen LogP contribution >= 0.6 is 12.6 Å². The van der Waals surface area contributed by atoms with E-state index in [0.717, 1.165) is 0 Å². The van der Waals surface area contributed by atoms with Crippen LogP contribution < -0.4 is 0 Å². The number of hydrogen-bond donors (Lipinski definition) is 3. The highest BCUT2D eigenvalue weighted by molar-refractivity contribution is 7.94. The average molecular weight is 180 g/mol. The SMILES string of the molecule is O=C(O)CCC(=O)O.O=CS. The molecule has 0 spiro atoms. The Balaban J connectivity index is 0. The molecule has 0 fully saturated rings. The molecule has 0 bridgehead atoms. The first kappa shape index (κ1) is 12.6. The number of rotatable bonds is 3. The van der Waals surface area contributed by atoms with Gasteiger partial charge in [0.25, 0.3) is 0 Å². The molecule has 0 heterocycles. The minimum absolute atomic E-state index is 0.296. The van der Waals surface area contributed by atoms with Crippen molar-refractivity contribution in [2.45, 2.75) is 12.8 Å². The number of carboxylic acid groups (broad SMARTS) is 2. The van der Waals surface area contributed by atoms with Gasteiger partial charge in [-0.3, -0.25) is 14.4 Å². The molecule has 0 rings (SSSR count). The number of carbonyl (C=O) groups is 3. The molecule has 11 heavy (non-hydrogen) atoms. The summed E-state index contributed by atoms with van der Waals surface area (Å²) < 4.78 is 0. The van der Waals surface area contributed by atoms with Crippen molar-refractivity contribution in [1.29, 1.82) is 0 Å². The first-order valence-electron chi connectivity index (χ1n) is 2.56. The van der Waals surface area contributed by atoms with E-state index in [4.69, 9.17) is 15.0 Å². The van der Waals surface area contributed by atoms with Gasteiger partial charge in [0.2, 0.25) is 0 Å². The maximum atomic E-state index is 9.64. The molecule has 0 unspecified atom stereocenters.